The molecule has 0 bridgehead atoms. The van der Waals surface area contributed by atoms with Gasteiger partial charge in [-0.05, 0) is 38.7 Å². The highest BCUT2D eigenvalue weighted by Gasteiger charge is 2.80. The fourth-order valence-electron chi connectivity index (χ4n) is 4.91. The van der Waals surface area contributed by atoms with Crippen LogP contribution in [0.25, 0.3) is 11.1 Å². The standard InChI is InChI=1S/C21H26BN3O6/c1-20(2)17(26)30-22(25(20,5)21(3,4)18(27)31-22)14-10-8-9-13(11-14)15-12-23-19(29-7)24-16(15)28-6/h8-12H,1-7H3. The van der Waals surface area contributed by atoms with E-state index in [2.05, 4.69) is 9.97 Å². The molecule has 2 aliphatic rings. The van der Waals surface area contributed by atoms with Crippen molar-refractivity contribution in [2.45, 2.75) is 38.8 Å². The number of carbonyl (C=O) groups excluding carboxylic acids is 2. The molecule has 2 saturated heterocycles. The summed E-state index contributed by atoms with van der Waals surface area (Å²) >= 11 is 0. The average molecular weight is 427 g/mol. The topological polar surface area (TPSA) is 96.8 Å². The van der Waals surface area contributed by atoms with E-state index in [0.717, 1.165) is 5.56 Å². The number of hydrogen-bond acceptors (Lipinski definition) is 8. The van der Waals surface area contributed by atoms with E-state index in [-0.39, 0.29) is 10.4 Å². The van der Waals surface area contributed by atoms with Crippen molar-refractivity contribution in [1.29, 1.82) is 0 Å². The fourth-order valence-corrected chi connectivity index (χ4v) is 4.91. The molecule has 3 heterocycles. The molecule has 0 radical (unpaired) electrons. The Hall–Kier alpha value is -3.14. The third kappa shape index (κ3) is 2.42. The van der Waals surface area contributed by atoms with E-state index in [1.54, 1.807) is 40.0 Å². The number of quaternary nitrogens is 1. The summed E-state index contributed by atoms with van der Waals surface area (Å²) in [5.41, 5.74) is -0.0464. The second-order valence-corrected chi connectivity index (χ2v) is 9.08. The van der Waals surface area contributed by atoms with E-state index in [1.807, 2.05) is 25.2 Å². The van der Waals surface area contributed by atoms with Crippen LogP contribution >= 0.6 is 0 Å². The number of methoxy groups -OCH3 is 2. The van der Waals surface area contributed by atoms with Gasteiger partial charge in [0.1, 0.15) is 0 Å². The molecule has 2 fully saturated rings. The number of likely N-dealkylation sites (N-methyl/N-ethyl adjacent to an activating group) is 1. The maximum absolute atomic E-state index is 12.9. The smallest absolute Gasteiger partial charge is 0.596 e. The third-order valence-electron chi connectivity index (χ3n) is 7.26. The summed E-state index contributed by atoms with van der Waals surface area (Å²) in [4.78, 5) is 34.3. The number of nitrogens with zero attached hydrogens (tertiary/aromatic N) is 3. The SMILES string of the molecule is COc1ncc(-c2cccc([B-]34OC(=O)C(C)(C)[N+]3(C)C(C)(C)C(=O)O4)c2)c(OC)n1. The number of carbonyl (C=O) groups is 2. The fraction of sp³-hybridized carbons (Fsp3) is 0.429. The molecule has 10 heteroatoms. The van der Waals surface area contributed by atoms with Crippen molar-refractivity contribution in [3.8, 4) is 23.0 Å². The summed E-state index contributed by atoms with van der Waals surface area (Å²) in [6.45, 7) is 4.64. The minimum absolute atomic E-state index is 0.0165. The highest BCUT2D eigenvalue weighted by Crippen LogP contribution is 2.52. The van der Waals surface area contributed by atoms with E-state index < -0.39 is 29.7 Å². The Bertz CT molecular complexity index is 1070. The van der Waals surface area contributed by atoms with Gasteiger partial charge in [-0.2, -0.15) is 4.98 Å². The molecule has 0 saturated carbocycles. The molecule has 4 rings (SSSR count). The van der Waals surface area contributed by atoms with Gasteiger partial charge < -0.3 is 23.2 Å². The molecule has 2 aliphatic heterocycles. The van der Waals surface area contributed by atoms with Crippen LogP contribution < -0.4 is 14.9 Å². The van der Waals surface area contributed by atoms with E-state index in [4.69, 9.17) is 18.8 Å². The molecule has 31 heavy (non-hydrogen) atoms. The van der Waals surface area contributed by atoms with Crippen molar-refractivity contribution in [3.05, 3.63) is 30.5 Å². The highest BCUT2D eigenvalue weighted by atomic mass is 16.7. The molecule has 1 aromatic carbocycles. The van der Waals surface area contributed by atoms with Gasteiger partial charge in [0.25, 0.3) is 0 Å². The van der Waals surface area contributed by atoms with Crippen molar-refractivity contribution in [2.75, 3.05) is 21.3 Å². The molecule has 0 amide bonds. The predicted molar refractivity (Wildman–Crippen MR) is 112 cm³/mol. The van der Waals surface area contributed by atoms with E-state index in [0.29, 0.717) is 16.9 Å². The number of fused-ring (bicyclic) bond motifs is 1. The van der Waals surface area contributed by atoms with Crippen LogP contribution in [0, 0.1) is 0 Å². The zero-order valence-electron chi connectivity index (χ0n) is 18.8. The second-order valence-electron chi connectivity index (χ2n) is 9.08. The van der Waals surface area contributed by atoms with Gasteiger partial charge in [0.05, 0.1) is 19.8 Å². The first kappa shape index (κ1) is 21.1. The monoisotopic (exact) mass is 427 g/mol. The van der Waals surface area contributed by atoms with E-state index in [1.165, 1.54) is 14.2 Å². The highest BCUT2D eigenvalue weighted by molar-refractivity contribution is 6.79. The van der Waals surface area contributed by atoms with Crippen molar-refractivity contribution in [2.24, 2.45) is 0 Å². The minimum atomic E-state index is -2.50. The molecule has 0 atom stereocenters. The van der Waals surface area contributed by atoms with Crippen LogP contribution in [0.4, 0.5) is 0 Å². The van der Waals surface area contributed by atoms with Gasteiger partial charge in [-0.3, -0.25) is 0 Å². The Labute approximate surface area is 180 Å². The van der Waals surface area contributed by atoms with Crippen LogP contribution in [0.15, 0.2) is 30.5 Å². The third-order valence-corrected chi connectivity index (χ3v) is 7.26. The second kappa shape index (κ2) is 6.43. The van der Waals surface area contributed by atoms with Crippen LogP contribution in [0.1, 0.15) is 27.7 Å². The van der Waals surface area contributed by atoms with Crippen molar-refractivity contribution >= 4 is 24.1 Å². The summed E-state index contributed by atoms with van der Waals surface area (Å²) in [6.07, 6.45) is 1.59. The quantitative estimate of drug-likeness (QED) is 0.677. The summed E-state index contributed by atoms with van der Waals surface area (Å²) < 4.78 is 22.3. The number of hydrogen-bond donors (Lipinski definition) is 0. The number of rotatable bonds is 4. The van der Waals surface area contributed by atoms with E-state index in [9.17, 15) is 9.59 Å². The lowest BCUT2D eigenvalue weighted by Crippen LogP contribution is -2.77. The predicted octanol–water partition coefficient (Wildman–Crippen LogP) is 1.42. The normalized spacial score (nSPS) is 28.0. The zero-order chi connectivity index (χ0) is 22.8. The van der Waals surface area contributed by atoms with Crippen molar-refractivity contribution in [1.82, 2.24) is 9.97 Å². The maximum Gasteiger partial charge on any atom is 0.615 e. The Morgan fingerprint density at radius 2 is 1.61 bits per heavy atom. The lowest BCUT2D eigenvalue weighted by molar-refractivity contribution is -0.885. The first-order valence-corrected chi connectivity index (χ1v) is 9.99. The molecule has 9 nitrogen and oxygen atoms in total. The molecule has 2 aromatic rings. The van der Waals surface area contributed by atoms with Gasteiger partial charge in [-0.15, -0.1) is 0 Å². The van der Waals surface area contributed by atoms with Gasteiger partial charge in [0.2, 0.25) is 5.88 Å². The number of ether oxygens (including phenoxy) is 2. The first-order valence-electron chi connectivity index (χ1n) is 9.99. The molecule has 1 aromatic heterocycles. The summed E-state index contributed by atoms with van der Waals surface area (Å²) in [5, 5.41) is 0. The number of aromatic nitrogens is 2. The molecule has 0 unspecified atom stereocenters. The molecule has 0 N–H and O–H groups in total. The average Bonchev–Trinajstić information content (AvgIpc) is 3.01. The molecule has 164 valence electrons. The Morgan fingerprint density at radius 1 is 1.00 bits per heavy atom. The largest absolute Gasteiger partial charge is 0.615 e. The summed E-state index contributed by atoms with van der Waals surface area (Å²) in [6, 6.07) is 7.49. The lowest BCUT2D eigenvalue weighted by Gasteiger charge is -2.54. The molecule has 0 spiro atoms. The van der Waals surface area contributed by atoms with Crippen LogP contribution in [0.2, 0.25) is 0 Å². The van der Waals surface area contributed by atoms with Gasteiger partial charge in [-0.1, -0.05) is 24.3 Å². The minimum Gasteiger partial charge on any atom is -0.596 e. The van der Waals surface area contributed by atoms with Crippen LogP contribution in [0.5, 0.6) is 11.9 Å². The van der Waals surface area contributed by atoms with Crippen LogP contribution in [-0.4, -0.2) is 65.3 Å². The zero-order valence-corrected chi connectivity index (χ0v) is 18.8. The van der Waals surface area contributed by atoms with Gasteiger partial charge in [-0.25, -0.2) is 14.6 Å². The van der Waals surface area contributed by atoms with Crippen molar-refractivity contribution in [3.63, 3.8) is 0 Å². The van der Waals surface area contributed by atoms with Crippen molar-refractivity contribution < 1.29 is 32.8 Å². The van der Waals surface area contributed by atoms with Crippen LogP contribution in [0.3, 0.4) is 0 Å². The van der Waals surface area contributed by atoms with Gasteiger partial charge >= 0.3 is 24.6 Å². The Morgan fingerprint density at radius 3 is 2.16 bits per heavy atom. The molecule has 0 aliphatic carbocycles. The summed E-state index contributed by atoms with van der Waals surface area (Å²) in [5.74, 6) is -0.489. The Balaban J connectivity index is 1.92. The van der Waals surface area contributed by atoms with Gasteiger partial charge in [0, 0.05) is 13.2 Å². The first-order chi connectivity index (χ1) is 14.5. The summed E-state index contributed by atoms with van der Waals surface area (Å²) in [7, 11) is 4.83. The lowest BCUT2D eigenvalue weighted by atomic mass is 9.57. The Kier molecular flexibility index (Phi) is 4.38. The number of benzene rings is 1. The van der Waals surface area contributed by atoms with E-state index >= 15 is 0 Å². The molecular weight excluding hydrogens is 401 g/mol. The van der Waals surface area contributed by atoms with Crippen LogP contribution in [-0.2, 0) is 18.9 Å². The maximum atomic E-state index is 12.9. The molecular formula is C21H26BN3O6. The van der Waals surface area contributed by atoms with Gasteiger partial charge in [0.15, 0.2) is 11.1 Å².